The molecule has 0 aliphatic heterocycles. The van der Waals surface area contributed by atoms with Gasteiger partial charge in [0.15, 0.2) is 5.75 Å². The molecule has 0 radical (unpaired) electrons. The van der Waals surface area contributed by atoms with Crippen molar-refractivity contribution in [1.29, 1.82) is 0 Å². The van der Waals surface area contributed by atoms with E-state index in [1.165, 1.54) is 45.3 Å². The molecule has 0 aliphatic rings. The van der Waals surface area contributed by atoms with Gasteiger partial charge in [0.1, 0.15) is 28.1 Å². The van der Waals surface area contributed by atoms with Crippen LogP contribution in [0.25, 0.3) is 16.7 Å². The molecule has 1 aromatic heterocycles. The number of hydrogen-bond donors (Lipinski definition) is 2. The molecule has 1 heterocycles. The van der Waals surface area contributed by atoms with Crippen LogP contribution < -0.4 is 20.9 Å². The van der Waals surface area contributed by atoms with Crippen LogP contribution >= 0.6 is 0 Å². The zero-order valence-electron chi connectivity index (χ0n) is 16.2. The van der Waals surface area contributed by atoms with Gasteiger partial charge in [-0.25, -0.2) is 14.3 Å². The number of aromatic nitrogens is 3. The normalized spacial score (nSPS) is 10.6. The summed E-state index contributed by atoms with van der Waals surface area (Å²) >= 11 is 0. The van der Waals surface area contributed by atoms with Gasteiger partial charge >= 0.3 is 11.9 Å². The highest BCUT2D eigenvalue weighted by molar-refractivity contribution is 6.00. The summed E-state index contributed by atoms with van der Waals surface area (Å²) in [7, 11) is 5.27. The molecule has 0 amide bonds. The van der Waals surface area contributed by atoms with E-state index in [1.807, 2.05) is 0 Å². The molecule has 4 N–H and O–H groups in total. The average molecular weight is 401 g/mol. The van der Waals surface area contributed by atoms with Crippen LogP contribution in [0.15, 0.2) is 18.2 Å². The zero-order valence-corrected chi connectivity index (χ0v) is 16.2. The molecule has 29 heavy (non-hydrogen) atoms. The number of carbonyl (C=O) groups excluding carboxylic acids is 2. The summed E-state index contributed by atoms with van der Waals surface area (Å²) in [6.45, 7) is 0. The van der Waals surface area contributed by atoms with Crippen LogP contribution in [0.1, 0.15) is 20.7 Å². The molecule has 0 fully saturated rings. The molecule has 11 heteroatoms. The van der Waals surface area contributed by atoms with E-state index in [-0.39, 0.29) is 39.7 Å². The Balaban J connectivity index is 2.35. The maximum absolute atomic E-state index is 12.2. The predicted octanol–water partition coefficient (Wildman–Crippen LogP) is 1.18. The molecular weight excluding hydrogens is 382 g/mol. The van der Waals surface area contributed by atoms with Crippen molar-refractivity contribution in [2.45, 2.75) is 0 Å². The third-order valence-corrected chi connectivity index (χ3v) is 4.32. The Morgan fingerprint density at radius 1 is 0.931 bits per heavy atom. The highest BCUT2D eigenvalue weighted by atomic mass is 16.5. The lowest BCUT2D eigenvalue weighted by Gasteiger charge is -2.17. The largest absolute Gasteiger partial charge is 0.496 e. The van der Waals surface area contributed by atoms with Gasteiger partial charge in [0, 0.05) is 6.07 Å². The number of hydrogen-bond acceptors (Lipinski definition) is 10. The Morgan fingerprint density at radius 3 is 2.17 bits per heavy atom. The van der Waals surface area contributed by atoms with Crippen molar-refractivity contribution in [3.8, 4) is 17.2 Å². The van der Waals surface area contributed by atoms with E-state index in [0.29, 0.717) is 11.0 Å². The summed E-state index contributed by atoms with van der Waals surface area (Å²) in [5.41, 5.74) is 13.6. The number of nitrogen functional groups attached to an aromatic ring is 2. The fraction of sp³-hybridized carbons (Fsp3) is 0.222. The third-order valence-electron chi connectivity index (χ3n) is 4.32. The van der Waals surface area contributed by atoms with E-state index in [4.69, 9.17) is 30.4 Å². The van der Waals surface area contributed by atoms with Crippen LogP contribution in [-0.4, -0.2) is 55.4 Å². The van der Waals surface area contributed by atoms with Crippen molar-refractivity contribution < 1.29 is 28.5 Å². The summed E-state index contributed by atoms with van der Waals surface area (Å²) in [4.78, 5) is 24.2. The van der Waals surface area contributed by atoms with Gasteiger partial charge in [-0.1, -0.05) is 5.21 Å². The summed E-state index contributed by atoms with van der Waals surface area (Å²) in [6, 6.07) is 4.37. The summed E-state index contributed by atoms with van der Waals surface area (Å²) in [5.74, 6) is -0.911. The van der Waals surface area contributed by atoms with Gasteiger partial charge in [-0.3, -0.25) is 0 Å². The van der Waals surface area contributed by atoms with Gasteiger partial charge in [-0.2, -0.15) is 0 Å². The minimum atomic E-state index is -0.662. The first-order valence-electron chi connectivity index (χ1n) is 8.24. The lowest BCUT2D eigenvalue weighted by atomic mass is 10.1. The highest BCUT2D eigenvalue weighted by Gasteiger charge is 2.26. The smallest absolute Gasteiger partial charge is 0.341 e. The molecule has 0 unspecified atom stereocenters. The Hall–Kier alpha value is -4.02. The standard InChI is InChI=1S/C18H19N5O6/c1-26-13-7-12-11(6-8(13)17(24)28-3)21-22-23(12)15-14(20)10(19)5-9(16(15)27-2)18(25)29-4/h5-7H,19-20H2,1-4H3. The molecule has 152 valence electrons. The van der Waals surface area contributed by atoms with Gasteiger partial charge < -0.3 is 30.4 Å². The van der Waals surface area contributed by atoms with Crippen molar-refractivity contribution in [2.75, 3.05) is 39.9 Å². The van der Waals surface area contributed by atoms with Gasteiger partial charge in [0.2, 0.25) is 0 Å². The summed E-state index contributed by atoms with van der Waals surface area (Å²) in [5, 5.41) is 8.17. The Labute approximate surface area is 165 Å². The van der Waals surface area contributed by atoms with Gasteiger partial charge in [0.05, 0.1) is 45.3 Å². The van der Waals surface area contributed by atoms with Crippen LogP contribution in [0.3, 0.4) is 0 Å². The minimum absolute atomic E-state index is 0.0681. The molecular formula is C18H19N5O6. The topological polar surface area (TPSA) is 154 Å². The van der Waals surface area contributed by atoms with E-state index in [2.05, 4.69) is 10.3 Å². The lowest BCUT2D eigenvalue weighted by molar-refractivity contribution is 0.0588. The van der Waals surface area contributed by atoms with Crippen molar-refractivity contribution >= 4 is 34.3 Å². The molecule has 0 saturated heterocycles. The van der Waals surface area contributed by atoms with Crippen molar-refractivity contribution in [3.63, 3.8) is 0 Å². The molecule has 0 bridgehead atoms. The molecule has 3 aromatic rings. The van der Waals surface area contributed by atoms with E-state index in [1.54, 1.807) is 6.07 Å². The van der Waals surface area contributed by atoms with Crippen molar-refractivity contribution in [2.24, 2.45) is 0 Å². The number of esters is 2. The molecule has 0 atom stereocenters. The second kappa shape index (κ2) is 7.54. The number of rotatable bonds is 5. The highest BCUT2D eigenvalue weighted by Crippen LogP contribution is 2.39. The van der Waals surface area contributed by atoms with Crippen LogP contribution in [0.5, 0.6) is 11.5 Å². The molecule has 2 aromatic carbocycles. The van der Waals surface area contributed by atoms with Gasteiger partial charge in [-0.15, -0.1) is 5.10 Å². The quantitative estimate of drug-likeness (QED) is 0.470. The summed E-state index contributed by atoms with van der Waals surface area (Å²) in [6.07, 6.45) is 0. The summed E-state index contributed by atoms with van der Waals surface area (Å²) < 4.78 is 21.6. The number of anilines is 2. The van der Waals surface area contributed by atoms with Crippen LogP contribution in [-0.2, 0) is 9.47 Å². The fourth-order valence-corrected chi connectivity index (χ4v) is 2.92. The number of nitrogens with two attached hydrogens (primary N) is 2. The molecule has 0 spiro atoms. The second-order valence-corrected chi connectivity index (χ2v) is 5.83. The lowest BCUT2D eigenvalue weighted by Crippen LogP contribution is -2.13. The number of methoxy groups -OCH3 is 4. The number of fused-ring (bicyclic) bond motifs is 1. The van der Waals surface area contributed by atoms with Crippen LogP contribution in [0.4, 0.5) is 11.4 Å². The van der Waals surface area contributed by atoms with E-state index in [9.17, 15) is 9.59 Å². The average Bonchev–Trinajstić information content (AvgIpc) is 3.15. The monoisotopic (exact) mass is 401 g/mol. The van der Waals surface area contributed by atoms with E-state index < -0.39 is 11.9 Å². The second-order valence-electron chi connectivity index (χ2n) is 5.83. The molecule has 3 rings (SSSR count). The first-order valence-corrected chi connectivity index (χ1v) is 8.24. The maximum atomic E-state index is 12.2. The first kappa shape index (κ1) is 19.7. The van der Waals surface area contributed by atoms with Crippen LogP contribution in [0.2, 0.25) is 0 Å². The van der Waals surface area contributed by atoms with E-state index in [0.717, 1.165) is 0 Å². The fourth-order valence-electron chi connectivity index (χ4n) is 2.92. The maximum Gasteiger partial charge on any atom is 0.341 e. The first-order chi connectivity index (χ1) is 13.9. The number of benzene rings is 2. The number of carbonyl (C=O) groups is 2. The third kappa shape index (κ3) is 3.12. The predicted molar refractivity (Wildman–Crippen MR) is 103 cm³/mol. The number of ether oxygens (including phenoxy) is 4. The zero-order chi connectivity index (χ0) is 21.3. The molecule has 0 saturated carbocycles. The minimum Gasteiger partial charge on any atom is -0.496 e. The Bertz CT molecular complexity index is 1120. The Morgan fingerprint density at radius 2 is 1.59 bits per heavy atom. The van der Waals surface area contributed by atoms with Crippen molar-refractivity contribution in [1.82, 2.24) is 15.0 Å². The van der Waals surface area contributed by atoms with Crippen LogP contribution in [0, 0.1) is 0 Å². The SMILES string of the molecule is COC(=O)c1cc2nnn(-c3c(N)c(N)cc(C(=O)OC)c3OC)c2cc1OC. The van der Waals surface area contributed by atoms with Crippen molar-refractivity contribution in [3.05, 3.63) is 29.3 Å². The van der Waals surface area contributed by atoms with E-state index >= 15 is 0 Å². The van der Waals surface area contributed by atoms with Gasteiger partial charge in [-0.05, 0) is 12.1 Å². The van der Waals surface area contributed by atoms with Gasteiger partial charge in [0.25, 0.3) is 0 Å². The Kier molecular flexibility index (Phi) is 5.13. The molecule has 0 aliphatic carbocycles. The molecule has 11 nitrogen and oxygen atoms in total. The number of nitrogens with zero attached hydrogens (tertiary/aromatic N) is 3.